The van der Waals surface area contributed by atoms with E-state index in [2.05, 4.69) is 15.0 Å². The molecule has 0 aliphatic carbocycles. The molecule has 1 N–H and O–H groups in total. The molecule has 7 nitrogen and oxygen atoms in total. The number of halogens is 1. The molecule has 0 aromatic heterocycles. The summed E-state index contributed by atoms with van der Waals surface area (Å²) in [5.41, 5.74) is 0.358. The highest BCUT2D eigenvalue weighted by molar-refractivity contribution is 6.19. The van der Waals surface area contributed by atoms with E-state index in [0.29, 0.717) is 11.3 Å². The van der Waals surface area contributed by atoms with Crippen LogP contribution in [0.2, 0.25) is 0 Å². The van der Waals surface area contributed by atoms with Crippen LogP contribution >= 0.6 is 11.6 Å². The number of nitrogens with zero attached hydrogens (tertiary/aromatic N) is 2. The number of carbonyl (C=O) groups excluding carboxylic acids is 2. The molecule has 0 amide bonds. The Hall–Kier alpha value is -2.41. The lowest BCUT2D eigenvalue weighted by Gasteiger charge is -2.03. The molecule has 22 heavy (non-hydrogen) atoms. The quantitative estimate of drug-likeness (QED) is 0.285. The van der Waals surface area contributed by atoms with Gasteiger partial charge in [0.15, 0.2) is 0 Å². The van der Waals surface area contributed by atoms with Crippen molar-refractivity contribution >= 4 is 29.2 Å². The van der Waals surface area contributed by atoms with E-state index in [0.717, 1.165) is 0 Å². The molecule has 0 aliphatic rings. The Kier molecular flexibility index (Phi) is 7.04. The van der Waals surface area contributed by atoms with Crippen molar-refractivity contribution in [1.29, 1.82) is 0 Å². The number of aliphatic hydroxyl groups excluding tert-OH is 1. The number of hydrogen-bond acceptors (Lipinski definition) is 7. The summed E-state index contributed by atoms with van der Waals surface area (Å²) in [5.74, 6) is -2.03. The van der Waals surface area contributed by atoms with Crippen molar-refractivity contribution in [2.24, 2.45) is 10.2 Å². The molecule has 1 aromatic rings. The average Bonchev–Trinajstić information content (AvgIpc) is 2.54. The van der Waals surface area contributed by atoms with Gasteiger partial charge < -0.3 is 14.6 Å². The molecule has 0 fully saturated rings. The van der Waals surface area contributed by atoms with E-state index in [-0.39, 0.29) is 18.2 Å². The largest absolute Gasteiger partial charge is 0.508 e. The lowest BCUT2D eigenvalue weighted by Crippen LogP contribution is -2.09. The van der Waals surface area contributed by atoms with E-state index in [1.165, 1.54) is 31.4 Å². The van der Waals surface area contributed by atoms with E-state index >= 15 is 0 Å². The standard InChI is InChI=1S/C14H15ClN2O5/c1-3-22-14(20)12(11(18)8-15)17-16-10-6-4-9(5-7-10)13(19)21-2/h4-7,18H,3,8H2,1-2H3. The topological polar surface area (TPSA) is 97.6 Å². The monoisotopic (exact) mass is 326 g/mol. The second-order valence-corrected chi connectivity index (χ2v) is 4.16. The van der Waals surface area contributed by atoms with E-state index < -0.39 is 17.7 Å². The van der Waals surface area contributed by atoms with Gasteiger partial charge >= 0.3 is 11.9 Å². The van der Waals surface area contributed by atoms with Crippen LogP contribution in [0.1, 0.15) is 17.3 Å². The summed E-state index contributed by atoms with van der Waals surface area (Å²) in [7, 11) is 1.28. The fourth-order valence-corrected chi connectivity index (χ4v) is 1.50. The molecule has 0 saturated carbocycles. The summed E-state index contributed by atoms with van der Waals surface area (Å²) in [6.07, 6.45) is 0. The number of azo groups is 1. The van der Waals surface area contributed by atoms with Gasteiger partial charge in [0.25, 0.3) is 0 Å². The van der Waals surface area contributed by atoms with Crippen molar-refractivity contribution in [3.63, 3.8) is 0 Å². The summed E-state index contributed by atoms with van der Waals surface area (Å²) >= 11 is 5.48. The van der Waals surface area contributed by atoms with Crippen molar-refractivity contribution in [3.8, 4) is 0 Å². The Balaban J connectivity index is 2.96. The normalized spacial score (nSPS) is 12.0. The zero-order valence-electron chi connectivity index (χ0n) is 12.1. The molecule has 8 heteroatoms. The maximum absolute atomic E-state index is 11.6. The number of methoxy groups -OCH3 is 1. The first-order chi connectivity index (χ1) is 10.5. The molecule has 0 bridgehead atoms. The van der Waals surface area contributed by atoms with Crippen LogP contribution in [0.3, 0.4) is 0 Å². The van der Waals surface area contributed by atoms with Gasteiger partial charge in [-0.1, -0.05) is 0 Å². The molecular formula is C14H15ClN2O5. The maximum atomic E-state index is 11.6. The lowest BCUT2D eigenvalue weighted by molar-refractivity contribution is -0.138. The Morgan fingerprint density at radius 2 is 1.91 bits per heavy atom. The number of hydrogen-bond donors (Lipinski definition) is 1. The third-order valence-electron chi connectivity index (χ3n) is 2.42. The highest BCUT2D eigenvalue weighted by Crippen LogP contribution is 2.17. The molecule has 0 unspecified atom stereocenters. The Labute approximate surface area is 132 Å². The van der Waals surface area contributed by atoms with E-state index in [1.54, 1.807) is 6.92 Å². The fourth-order valence-electron chi connectivity index (χ4n) is 1.37. The number of rotatable bonds is 6. The summed E-state index contributed by atoms with van der Waals surface area (Å²) in [6, 6.07) is 6.01. The van der Waals surface area contributed by atoms with Crippen LogP contribution in [0.25, 0.3) is 0 Å². The van der Waals surface area contributed by atoms with Crippen LogP contribution in [0, 0.1) is 0 Å². The van der Waals surface area contributed by atoms with Gasteiger partial charge in [-0.15, -0.1) is 16.7 Å². The molecular weight excluding hydrogens is 312 g/mol. The second-order valence-electron chi connectivity index (χ2n) is 3.89. The maximum Gasteiger partial charge on any atom is 0.362 e. The number of benzene rings is 1. The summed E-state index contributed by atoms with van der Waals surface area (Å²) < 4.78 is 9.32. The first kappa shape index (κ1) is 17.6. The second kappa shape index (κ2) is 8.78. The summed E-state index contributed by atoms with van der Waals surface area (Å²) in [5, 5.41) is 17.0. The average molecular weight is 327 g/mol. The van der Waals surface area contributed by atoms with Crippen LogP contribution in [0.15, 0.2) is 46.0 Å². The van der Waals surface area contributed by atoms with E-state index in [4.69, 9.17) is 16.3 Å². The molecule has 0 saturated heterocycles. The van der Waals surface area contributed by atoms with Crippen LogP contribution in [0.4, 0.5) is 5.69 Å². The minimum absolute atomic E-state index is 0.126. The predicted octanol–water partition coefficient (Wildman–Crippen LogP) is 3.13. The van der Waals surface area contributed by atoms with Gasteiger partial charge in [-0.2, -0.15) is 5.11 Å². The van der Waals surface area contributed by atoms with Gasteiger partial charge in [-0.25, -0.2) is 9.59 Å². The zero-order valence-corrected chi connectivity index (χ0v) is 12.8. The van der Waals surface area contributed by atoms with Gasteiger partial charge in [-0.3, -0.25) is 0 Å². The molecule has 1 aromatic carbocycles. The Morgan fingerprint density at radius 3 is 2.41 bits per heavy atom. The molecule has 0 heterocycles. The zero-order chi connectivity index (χ0) is 16.5. The minimum atomic E-state index is -0.824. The molecule has 0 aliphatic heterocycles. The van der Waals surface area contributed by atoms with Crippen molar-refractivity contribution in [2.45, 2.75) is 6.92 Å². The van der Waals surface area contributed by atoms with Gasteiger partial charge in [-0.05, 0) is 31.2 Å². The molecule has 1 rings (SSSR count). The number of alkyl halides is 1. The third kappa shape index (κ3) is 4.85. The summed E-state index contributed by atoms with van der Waals surface area (Å²) in [6.45, 7) is 1.75. The third-order valence-corrected chi connectivity index (χ3v) is 2.68. The highest BCUT2D eigenvalue weighted by atomic mass is 35.5. The first-order valence-corrected chi connectivity index (χ1v) is 6.82. The molecule has 118 valence electrons. The van der Waals surface area contributed by atoms with Crippen molar-refractivity contribution in [1.82, 2.24) is 0 Å². The molecule has 0 radical (unpaired) electrons. The summed E-state index contributed by atoms with van der Waals surface area (Å²) in [4.78, 5) is 22.9. The van der Waals surface area contributed by atoms with Crippen LogP contribution in [-0.4, -0.2) is 36.6 Å². The van der Waals surface area contributed by atoms with E-state index in [9.17, 15) is 14.7 Å². The minimum Gasteiger partial charge on any atom is -0.508 e. The number of esters is 2. The van der Waals surface area contributed by atoms with Gasteiger partial charge in [0.05, 0.1) is 30.8 Å². The van der Waals surface area contributed by atoms with E-state index in [1.807, 2.05) is 0 Å². The van der Waals surface area contributed by atoms with Gasteiger partial charge in [0, 0.05) is 0 Å². The lowest BCUT2D eigenvalue weighted by atomic mass is 10.2. The van der Waals surface area contributed by atoms with Crippen LogP contribution in [-0.2, 0) is 14.3 Å². The Morgan fingerprint density at radius 1 is 1.27 bits per heavy atom. The molecule has 0 atom stereocenters. The van der Waals surface area contributed by atoms with Crippen LogP contribution < -0.4 is 0 Å². The predicted molar refractivity (Wildman–Crippen MR) is 79.3 cm³/mol. The number of carbonyl (C=O) groups is 2. The molecule has 0 spiro atoms. The smallest absolute Gasteiger partial charge is 0.362 e. The fraction of sp³-hybridized carbons (Fsp3) is 0.286. The Bertz CT molecular complexity index is 596. The van der Waals surface area contributed by atoms with Gasteiger partial charge in [0.2, 0.25) is 5.70 Å². The highest BCUT2D eigenvalue weighted by Gasteiger charge is 2.16. The SMILES string of the molecule is CCOC(=O)C(N=Nc1ccc(C(=O)OC)cc1)=C(O)CCl. The van der Waals surface area contributed by atoms with Gasteiger partial charge in [0.1, 0.15) is 5.76 Å². The van der Waals surface area contributed by atoms with Crippen molar-refractivity contribution < 1.29 is 24.2 Å². The first-order valence-electron chi connectivity index (χ1n) is 6.28. The van der Waals surface area contributed by atoms with Crippen molar-refractivity contribution in [2.75, 3.05) is 19.6 Å². The number of ether oxygens (including phenoxy) is 2. The number of allylic oxidation sites excluding steroid dienone is 1. The van der Waals surface area contributed by atoms with Crippen LogP contribution in [0.5, 0.6) is 0 Å². The van der Waals surface area contributed by atoms with Crippen molar-refractivity contribution in [3.05, 3.63) is 41.3 Å². The number of aliphatic hydroxyl groups is 1.